The van der Waals surface area contributed by atoms with Crippen molar-refractivity contribution in [1.29, 1.82) is 0 Å². The van der Waals surface area contributed by atoms with E-state index in [0.717, 1.165) is 0 Å². The number of carbonyl (C=O) groups is 2. The van der Waals surface area contributed by atoms with Gasteiger partial charge >= 0.3 is 0 Å². The number of rotatable bonds is 5. The Kier molecular flexibility index (Phi) is 5.29. The van der Waals surface area contributed by atoms with Gasteiger partial charge in [-0.05, 0) is 42.0 Å². The van der Waals surface area contributed by atoms with Gasteiger partial charge in [0.25, 0.3) is 11.7 Å². The second kappa shape index (κ2) is 8.43. The second-order valence-electron chi connectivity index (χ2n) is 7.52. The third-order valence-electron chi connectivity index (χ3n) is 5.77. The number of aliphatic hydroxyl groups is 1. The number of Topliss-reactive ketones (excluding diaryl/α,β-unsaturated/α-hetero) is 1. The highest BCUT2D eigenvalue weighted by Gasteiger charge is 2.47. The number of amides is 1. The van der Waals surface area contributed by atoms with Gasteiger partial charge in [-0.3, -0.25) is 19.5 Å². The fourth-order valence-electron chi connectivity index (χ4n) is 4.21. The maximum Gasteiger partial charge on any atom is 0.300 e. The normalized spacial score (nSPS) is 18.3. The van der Waals surface area contributed by atoms with Gasteiger partial charge in [0.1, 0.15) is 22.8 Å². The number of nitrogens with zero attached hydrogens (tertiary/aromatic N) is 2. The second-order valence-corrected chi connectivity index (χ2v) is 7.52. The molecule has 9 nitrogen and oxygen atoms in total. The number of ketones is 1. The molecule has 0 radical (unpaired) electrons. The molecule has 1 unspecified atom stereocenters. The van der Waals surface area contributed by atoms with Crippen LogP contribution in [-0.2, 0) is 9.59 Å². The average molecular weight is 460 g/mol. The van der Waals surface area contributed by atoms with Crippen LogP contribution >= 0.6 is 0 Å². The molecule has 1 amide bonds. The first-order valence-corrected chi connectivity index (χ1v) is 10.4. The molecule has 0 bridgehead atoms. The molecular weight excluding hydrogens is 440 g/mol. The summed E-state index contributed by atoms with van der Waals surface area (Å²) in [6, 6.07) is 12.4. The maximum absolute atomic E-state index is 13.4. The molecule has 2 aliphatic heterocycles. The Hall–Kier alpha value is -4.53. The lowest BCUT2D eigenvalue weighted by Crippen LogP contribution is -2.29. The summed E-state index contributed by atoms with van der Waals surface area (Å²) >= 11 is 0. The lowest BCUT2D eigenvalue weighted by Gasteiger charge is -2.25. The largest absolute Gasteiger partial charge is 0.506 e. The Bertz CT molecular complexity index is 1300. The van der Waals surface area contributed by atoms with Crippen molar-refractivity contribution in [2.75, 3.05) is 25.9 Å². The van der Waals surface area contributed by atoms with Crippen molar-refractivity contribution in [3.63, 3.8) is 0 Å². The zero-order valence-corrected chi connectivity index (χ0v) is 18.3. The van der Waals surface area contributed by atoms with E-state index in [4.69, 9.17) is 18.9 Å². The Balaban J connectivity index is 1.75. The van der Waals surface area contributed by atoms with E-state index >= 15 is 0 Å². The molecule has 1 fully saturated rings. The molecule has 172 valence electrons. The van der Waals surface area contributed by atoms with Gasteiger partial charge in [-0.25, -0.2) is 0 Å². The molecule has 3 aromatic rings. The summed E-state index contributed by atoms with van der Waals surface area (Å²) in [5.74, 6) is -0.461. The van der Waals surface area contributed by atoms with Crippen LogP contribution in [0.1, 0.15) is 17.2 Å². The van der Waals surface area contributed by atoms with E-state index in [0.29, 0.717) is 34.2 Å². The molecule has 0 saturated carbocycles. The van der Waals surface area contributed by atoms with Crippen molar-refractivity contribution in [1.82, 2.24) is 4.98 Å². The van der Waals surface area contributed by atoms with Gasteiger partial charge in [0.15, 0.2) is 11.5 Å². The van der Waals surface area contributed by atoms with Gasteiger partial charge in [-0.2, -0.15) is 0 Å². The summed E-state index contributed by atoms with van der Waals surface area (Å²) in [7, 11) is 2.88. The van der Waals surface area contributed by atoms with Crippen molar-refractivity contribution in [3.8, 4) is 23.0 Å². The van der Waals surface area contributed by atoms with Crippen molar-refractivity contribution >= 4 is 23.1 Å². The molecule has 0 spiro atoms. The quantitative estimate of drug-likeness (QED) is 0.351. The molecule has 1 aromatic heterocycles. The lowest BCUT2D eigenvalue weighted by atomic mass is 9.95. The Morgan fingerprint density at radius 1 is 1.00 bits per heavy atom. The minimum absolute atomic E-state index is 0.0684. The topological polar surface area (TPSA) is 107 Å². The van der Waals surface area contributed by atoms with E-state index in [2.05, 4.69) is 4.98 Å². The van der Waals surface area contributed by atoms with Crippen molar-refractivity contribution in [3.05, 3.63) is 77.6 Å². The van der Waals surface area contributed by atoms with Crippen molar-refractivity contribution in [2.24, 2.45) is 0 Å². The zero-order chi connectivity index (χ0) is 23.8. The number of ether oxygens (including phenoxy) is 4. The molecule has 1 atom stereocenters. The standard InChI is InChI=1S/C25H20N2O7/c1-31-17-4-3-5-18(32-2)20(17)23(28)21-22(14-8-10-26-11-9-14)27(25(30)24(21)29)15-6-7-16-19(12-15)34-13-33-16/h3-12,22,28H,13H2,1-2H3/b23-21+. The van der Waals surface area contributed by atoms with Crippen LogP contribution in [0.2, 0.25) is 0 Å². The van der Waals surface area contributed by atoms with Crippen molar-refractivity contribution in [2.45, 2.75) is 6.04 Å². The molecule has 2 aromatic carbocycles. The summed E-state index contributed by atoms with van der Waals surface area (Å²) in [6.07, 6.45) is 3.11. The highest BCUT2D eigenvalue weighted by molar-refractivity contribution is 6.51. The molecule has 1 saturated heterocycles. The first-order valence-electron chi connectivity index (χ1n) is 10.4. The fourth-order valence-corrected chi connectivity index (χ4v) is 4.21. The third-order valence-corrected chi connectivity index (χ3v) is 5.77. The van der Waals surface area contributed by atoms with E-state index in [1.54, 1.807) is 60.9 Å². The minimum Gasteiger partial charge on any atom is -0.506 e. The van der Waals surface area contributed by atoms with E-state index in [9.17, 15) is 14.7 Å². The van der Waals surface area contributed by atoms with Gasteiger partial charge < -0.3 is 24.1 Å². The van der Waals surface area contributed by atoms with Gasteiger partial charge in [0.05, 0.1) is 25.8 Å². The van der Waals surface area contributed by atoms with Crippen LogP contribution in [0.4, 0.5) is 5.69 Å². The van der Waals surface area contributed by atoms with Crippen LogP contribution < -0.4 is 23.8 Å². The third kappa shape index (κ3) is 3.29. The number of fused-ring (bicyclic) bond motifs is 1. The predicted molar refractivity (Wildman–Crippen MR) is 121 cm³/mol. The monoisotopic (exact) mass is 460 g/mol. The number of hydrogen-bond donors (Lipinski definition) is 1. The summed E-state index contributed by atoms with van der Waals surface area (Å²) in [6.45, 7) is 0.0684. The van der Waals surface area contributed by atoms with Crippen molar-refractivity contribution < 1.29 is 33.6 Å². The number of methoxy groups -OCH3 is 2. The molecule has 5 rings (SSSR count). The Morgan fingerprint density at radius 2 is 1.68 bits per heavy atom. The summed E-state index contributed by atoms with van der Waals surface area (Å²) in [5, 5.41) is 11.4. The van der Waals surface area contributed by atoms with Crippen LogP contribution in [0.25, 0.3) is 5.76 Å². The van der Waals surface area contributed by atoms with Gasteiger partial charge in [-0.15, -0.1) is 0 Å². The number of carbonyl (C=O) groups excluding carboxylic acids is 2. The van der Waals surface area contributed by atoms with Gasteiger partial charge in [0.2, 0.25) is 6.79 Å². The summed E-state index contributed by atoms with van der Waals surface area (Å²) in [5.41, 5.74) is 1.08. The number of aromatic nitrogens is 1. The fraction of sp³-hybridized carbons (Fsp3) is 0.160. The number of aliphatic hydroxyl groups excluding tert-OH is 1. The van der Waals surface area contributed by atoms with Gasteiger partial charge in [-0.1, -0.05) is 6.07 Å². The first kappa shape index (κ1) is 21.3. The smallest absolute Gasteiger partial charge is 0.300 e. The molecule has 2 aliphatic rings. The van der Waals surface area contributed by atoms with E-state index in [-0.39, 0.29) is 17.9 Å². The van der Waals surface area contributed by atoms with Crippen LogP contribution in [0, 0.1) is 0 Å². The van der Waals surface area contributed by atoms with Crippen LogP contribution in [0.5, 0.6) is 23.0 Å². The zero-order valence-electron chi connectivity index (χ0n) is 18.3. The SMILES string of the molecule is COc1cccc(OC)c1/C(O)=C1\C(=O)C(=O)N(c2ccc3c(c2)OCO3)C1c1ccncc1. The predicted octanol–water partition coefficient (Wildman–Crippen LogP) is 3.45. The molecule has 0 aliphatic carbocycles. The highest BCUT2D eigenvalue weighted by atomic mass is 16.7. The van der Waals surface area contributed by atoms with E-state index < -0.39 is 23.5 Å². The number of hydrogen-bond acceptors (Lipinski definition) is 8. The Labute approximate surface area is 194 Å². The summed E-state index contributed by atoms with van der Waals surface area (Å²) < 4.78 is 21.6. The van der Waals surface area contributed by atoms with Crippen LogP contribution in [0.3, 0.4) is 0 Å². The molecule has 9 heteroatoms. The molecular formula is C25H20N2O7. The van der Waals surface area contributed by atoms with Gasteiger partial charge in [0, 0.05) is 24.1 Å². The average Bonchev–Trinajstić information content (AvgIpc) is 3.45. The van der Waals surface area contributed by atoms with Crippen LogP contribution in [0.15, 0.2) is 66.5 Å². The lowest BCUT2D eigenvalue weighted by molar-refractivity contribution is -0.132. The van der Waals surface area contributed by atoms with E-state index in [1.807, 2.05) is 0 Å². The first-order chi connectivity index (χ1) is 16.5. The summed E-state index contributed by atoms with van der Waals surface area (Å²) in [4.78, 5) is 32.0. The molecule has 34 heavy (non-hydrogen) atoms. The Morgan fingerprint density at radius 3 is 2.35 bits per heavy atom. The number of pyridine rings is 1. The van der Waals surface area contributed by atoms with Crippen LogP contribution in [-0.4, -0.2) is 42.8 Å². The number of benzene rings is 2. The number of anilines is 1. The molecule has 3 heterocycles. The minimum atomic E-state index is -0.932. The molecule has 1 N–H and O–H groups in total. The highest BCUT2D eigenvalue weighted by Crippen LogP contribution is 2.46. The van der Waals surface area contributed by atoms with E-state index in [1.165, 1.54) is 19.1 Å². The maximum atomic E-state index is 13.4.